The topological polar surface area (TPSA) is 98.0 Å². The van der Waals surface area contributed by atoms with Crippen molar-refractivity contribution < 1.29 is 36.8 Å². The lowest BCUT2D eigenvalue weighted by Crippen LogP contribution is -2.49. The second kappa shape index (κ2) is 11.6. The van der Waals surface area contributed by atoms with Crippen molar-refractivity contribution in [2.45, 2.75) is 70.8 Å². The molecule has 1 saturated heterocycles. The van der Waals surface area contributed by atoms with Crippen LogP contribution in [0, 0.1) is 12.8 Å². The molecule has 3 heterocycles. The molecular formula is C32H35F3N4O5. The maximum Gasteiger partial charge on any atom is 0.573 e. The van der Waals surface area contributed by atoms with Crippen LogP contribution in [0.4, 0.5) is 13.2 Å². The van der Waals surface area contributed by atoms with Crippen LogP contribution in [0.25, 0.3) is 11.1 Å². The van der Waals surface area contributed by atoms with Gasteiger partial charge in [0.15, 0.2) is 5.82 Å². The fourth-order valence-corrected chi connectivity index (χ4v) is 6.35. The lowest BCUT2D eigenvalue weighted by molar-refractivity contribution is -0.274. The molecule has 1 saturated carbocycles. The van der Waals surface area contributed by atoms with Crippen LogP contribution in [0.2, 0.25) is 0 Å². The van der Waals surface area contributed by atoms with Crippen molar-refractivity contribution in [1.82, 2.24) is 19.9 Å². The zero-order valence-electron chi connectivity index (χ0n) is 24.9. The van der Waals surface area contributed by atoms with E-state index in [1.165, 1.54) is 12.1 Å². The number of rotatable bonds is 9. The van der Waals surface area contributed by atoms with Gasteiger partial charge in [-0.05, 0) is 80.0 Å². The Kier molecular flexibility index (Phi) is 8.00. The molecule has 3 aromatic rings. The predicted octanol–water partition coefficient (Wildman–Crippen LogP) is 5.20. The van der Waals surface area contributed by atoms with E-state index in [4.69, 9.17) is 9.26 Å². The first-order valence-electron chi connectivity index (χ1n) is 14.8. The number of fused-ring (bicyclic) bond motifs is 1. The Labute approximate surface area is 253 Å². The van der Waals surface area contributed by atoms with E-state index in [2.05, 4.69) is 19.8 Å². The van der Waals surface area contributed by atoms with Crippen molar-refractivity contribution in [1.29, 1.82) is 0 Å². The van der Waals surface area contributed by atoms with Crippen LogP contribution < -0.4 is 4.74 Å². The van der Waals surface area contributed by atoms with Crippen molar-refractivity contribution >= 4 is 11.7 Å². The molecule has 0 radical (unpaired) electrons. The fourth-order valence-electron chi connectivity index (χ4n) is 6.35. The number of aryl methyl sites for hydroxylation is 2. The van der Waals surface area contributed by atoms with E-state index in [9.17, 15) is 22.8 Å². The molecule has 2 fully saturated rings. The average molecular weight is 613 g/mol. The number of amides is 1. The first-order valence-corrected chi connectivity index (χ1v) is 14.8. The van der Waals surface area contributed by atoms with E-state index in [1.807, 2.05) is 26.0 Å². The van der Waals surface area contributed by atoms with Crippen LogP contribution in [0.15, 0.2) is 40.9 Å². The van der Waals surface area contributed by atoms with Crippen LogP contribution in [-0.4, -0.2) is 70.0 Å². The van der Waals surface area contributed by atoms with E-state index in [0.29, 0.717) is 62.7 Å². The highest BCUT2D eigenvalue weighted by molar-refractivity contribution is 5.85. The summed E-state index contributed by atoms with van der Waals surface area (Å²) in [5, 5.41) is 3.83. The molecule has 6 rings (SSSR count). The number of carbonyl (C=O) groups excluding carboxylic acids is 2. The summed E-state index contributed by atoms with van der Waals surface area (Å²) in [5.74, 6) is 0.715. The summed E-state index contributed by atoms with van der Waals surface area (Å²) in [6.07, 6.45) is -2.64. The smallest absolute Gasteiger partial charge is 0.406 e. The molecule has 0 bridgehead atoms. The molecule has 44 heavy (non-hydrogen) atoms. The number of carbonyl (C=O) groups is 2. The van der Waals surface area contributed by atoms with Crippen molar-refractivity contribution in [2.24, 2.45) is 5.92 Å². The number of benzene rings is 2. The largest absolute Gasteiger partial charge is 0.573 e. The predicted molar refractivity (Wildman–Crippen MR) is 152 cm³/mol. The molecule has 9 nitrogen and oxygen atoms in total. The minimum Gasteiger partial charge on any atom is -0.406 e. The van der Waals surface area contributed by atoms with Crippen molar-refractivity contribution in [2.75, 3.05) is 26.4 Å². The van der Waals surface area contributed by atoms with Crippen molar-refractivity contribution in [3.8, 4) is 16.9 Å². The molecule has 12 heteroatoms. The molecule has 2 atom stereocenters. The van der Waals surface area contributed by atoms with Gasteiger partial charge in [0.25, 0.3) is 0 Å². The Morgan fingerprint density at radius 1 is 1.16 bits per heavy atom. The summed E-state index contributed by atoms with van der Waals surface area (Å²) in [7, 11) is 0. The molecule has 0 N–H and O–H groups in total. The van der Waals surface area contributed by atoms with Crippen LogP contribution in [0.5, 0.6) is 5.75 Å². The number of ketones is 1. The highest BCUT2D eigenvalue weighted by atomic mass is 19.4. The number of hydrogen-bond acceptors (Lipinski definition) is 8. The summed E-state index contributed by atoms with van der Waals surface area (Å²) in [6.45, 7) is 7.75. The van der Waals surface area contributed by atoms with Gasteiger partial charge < -0.3 is 18.9 Å². The molecule has 1 unspecified atom stereocenters. The Bertz CT molecular complexity index is 1570. The second-order valence-corrected chi connectivity index (χ2v) is 12.5. The van der Waals surface area contributed by atoms with E-state index < -0.39 is 6.36 Å². The lowest BCUT2D eigenvalue weighted by Gasteiger charge is -2.35. The SMILES string of the molecule is Cc1noc([C@@H]2CC2C(=O)CCc2ccc(-c3cccc(OC(F)(F)F)c3)c3c2CN(CC(=O)N2COCC2(C)C)CC3)n1. The third-order valence-corrected chi connectivity index (χ3v) is 8.74. The molecule has 1 amide bonds. The van der Waals surface area contributed by atoms with Gasteiger partial charge in [0.1, 0.15) is 18.3 Å². The van der Waals surface area contributed by atoms with E-state index in [-0.39, 0.29) is 48.1 Å². The first kappa shape index (κ1) is 30.3. The van der Waals surface area contributed by atoms with Crippen molar-refractivity contribution in [3.05, 3.63) is 64.8 Å². The molecular weight excluding hydrogens is 577 g/mol. The average Bonchev–Trinajstić information content (AvgIpc) is 3.51. The number of halogens is 3. The van der Waals surface area contributed by atoms with Crippen LogP contribution >= 0.6 is 0 Å². The van der Waals surface area contributed by atoms with Gasteiger partial charge in [-0.25, -0.2) is 0 Å². The number of Topliss-reactive ketones (excluding diaryl/α,β-unsaturated/α-hetero) is 1. The summed E-state index contributed by atoms with van der Waals surface area (Å²) in [5.41, 5.74) is 4.06. The van der Waals surface area contributed by atoms with Gasteiger partial charge in [-0.15, -0.1) is 13.2 Å². The molecule has 2 aliphatic heterocycles. The van der Waals surface area contributed by atoms with Crippen molar-refractivity contribution in [3.63, 3.8) is 0 Å². The summed E-state index contributed by atoms with van der Waals surface area (Å²) >= 11 is 0. The summed E-state index contributed by atoms with van der Waals surface area (Å²) in [4.78, 5) is 34.5. The van der Waals surface area contributed by atoms with Gasteiger partial charge in [0.05, 0.1) is 18.7 Å². The zero-order valence-corrected chi connectivity index (χ0v) is 24.9. The Morgan fingerprint density at radius 3 is 2.68 bits per heavy atom. The number of nitrogens with zero attached hydrogens (tertiary/aromatic N) is 4. The number of alkyl halides is 3. The minimum absolute atomic E-state index is 0.0168. The molecule has 2 aromatic carbocycles. The van der Waals surface area contributed by atoms with Crippen LogP contribution in [-0.2, 0) is 33.7 Å². The summed E-state index contributed by atoms with van der Waals surface area (Å²) in [6, 6.07) is 9.84. The number of hydrogen-bond donors (Lipinski definition) is 0. The zero-order chi connectivity index (χ0) is 31.2. The van der Waals surface area contributed by atoms with Gasteiger partial charge in [-0.1, -0.05) is 29.4 Å². The van der Waals surface area contributed by atoms with Gasteiger partial charge in [-0.2, -0.15) is 4.98 Å². The summed E-state index contributed by atoms with van der Waals surface area (Å²) < 4.78 is 53.8. The Hall–Kier alpha value is -3.77. The lowest BCUT2D eigenvalue weighted by atomic mass is 9.86. The third kappa shape index (κ3) is 6.51. The number of aromatic nitrogens is 2. The van der Waals surface area contributed by atoms with Gasteiger partial charge >= 0.3 is 6.36 Å². The highest BCUT2D eigenvalue weighted by Gasteiger charge is 2.47. The third-order valence-electron chi connectivity index (χ3n) is 8.74. The monoisotopic (exact) mass is 612 g/mol. The Morgan fingerprint density at radius 2 is 1.98 bits per heavy atom. The van der Waals surface area contributed by atoms with Crippen LogP contribution in [0.1, 0.15) is 61.0 Å². The first-order chi connectivity index (χ1) is 20.9. The van der Waals surface area contributed by atoms with Gasteiger partial charge in [0, 0.05) is 31.3 Å². The van der Waals surface area contributed by atoms with Gasteiger partial charge in [-0.3, -0.25) is 14.5 Å². The van der Waals surface area contributed by atoms with E-state index in [0.717, 1.165) is 22.3 Å². The van der Waals surface area contributed by atoms with Gasteiger partial charge in [0.2, 0.25) is 11.8 Å². The Balaban J connectivity index is 1.23. The van der Waals surface area contributed by atoms with Crippen LogP contribution in [0.3, 0.4) is 0 Å². The van der Waals surface area contributed by atoms with E-state index >= 15 is 0 Å². The quantitative estimate of drug-likeness (QED) is 0.325. The molecule has 1 aromatic heterocycles. The highest BCUT2D eigenvalue weighted by Crippen LogP contribution is 2.48. The minimum atomic E-state index is -4.79. The standard InChI is InChI=1S/C32H35F3N4O5/c1-19-36-30(44-37-19)26-14-25(26)28(40)10-8-20-7-9-23(21-5-4-6-22(13-21)43-32(33,34)35)24-11-12-38(15-27(20)24)16-29(41)39-18-42-17-31(39,2)3/h4-7,9,13,25-26H,8,10-12,14-18H2,1-3H3/t25?,26-/m1/s1. The maximum atomic E-state index is 13.2. The maximum absolute atomic E-state index is 13.2. The normalized spacial score (nSPS) is 21.3. The van der Waals surface area contributed by atoms with E-state index in [1.54, 1.807) is 24.0 Å². The molecule has 3 aliphatic rings. The molecule has 0 spiro atoms. The fraction of sp³-hybridized carbons (Fsp3) is 0.500. The molecule has 234 valence electrons. The number of ether oxygens (including phenoxy) is 2. The second-order valence-electron chi connectivity index (χ2n) is 12.5. The molecule has 1 aliphatic carbocycles.